The third-order valence-electron chi connectivity index (χ3n) is 1.08. The van der Waals surface area contributed by atoms with E-state index in [9.17, 15) is 0 Å². The summed E-state index contributed by atoms with van der Waals surface area (Å²) in [6, 6.07) is 0. The monoisotopic (exact) mass is 123 g/mol. The Bertz CT molecular complexity index is 223. The van der Waals surface area contributed by atoms with Gasteiger partial charge >= 0.3 is 0 Å². The van der Waals surface area contributed by atoms with Crippen molar-refractivity contribution in [2.24, 2.45) is 0 Å². The Morgan fingerprint density at radius 1 is 1.56 bits per heavy atom. The van der Waals surface area contributed by atoms with Crippen LogP contribution in [0.1, 0.15) is 26.8 Å². The van der Waals surface area contributed by atoms with Crippen LogP contribution in [0.4, 0.5) is 0 Å². The van der Waals surface area contributed by atoms with Gasteiger partial charge in [0, 0.05) is 18.6 Å². The van der Waals surface area contributed by atoms with E-state index in [0.29, 0.717) is 5.92 Å². The van der Waals surface area contributed by atoms with Crippen LogP contribution in [0.25, 0.3) is 0 Å². The van der Waals surface area contributed by atoms with Gasteiger partial charge in [-0.25, -0.2) is 0 Å². The first kappa shape index (κ1) is 4.91. The Kier molecular flexibility index (Phi) is 1.41. The zero-order valence-electron chi connectivity index (χ0n) is 6.63. The topological polar surface area (TPSA) is 25.8 Å². The second-order valence-corrected chi connectivity index (χ2v) is 2.21. The molecule has 0 spiro atoms. The van der Waals surface area contributed by atoms with Gasteiger partial charge in [0.2, 0.25) is 0 Å². The second kappa shape index (κ2) is 2.58. The van der Waals surface area contributed by atoms with Gasteiger partial charge in [-0.05, 0) is 5.92 Å². The van der Waals surface area contributed by atoms with E-state index in [4.69, 9.17) is 1.37 Å². The van der Waals surface area contributed by atoms with Crippen molar-refractivity contribution >= 4 is 0 Å². The second-order valence-electron chi connectivity index (χ2n) is 2.21. The molecule has 1 heterocycles. The van der Waals surface area contributed by atoms with Crippen LogP contribution < -0.4 is 0 Å². The Labute approximate surface area is 56.4 Å². The molecular formula is C7H10N2. The Hall–Kier alpha value is -0.920. The van der Waals surface area contributed by atoms with E-state index in [-0.39, 0.29) is 6.17 Å². The lowest BCUT2D eigenvalue weighted by molar-refractivity contribution is 0.812. The number of hydrogen-bond acceptors (Lipinski definition) is 2. The van der Waals surface area contributed by atoms with Crippen molar-refractivity contribution in [3.05, 3.63) is 24.3 Å². The number of aromatic nitrogens is 2. The molecule has 0 amide bonds. The van der Waals surface area contributed by atoms with Crippen LogP contribution in [-0.4, -0.2) is 9.97 Å². The fourth-order valence-corrected chi connectivity index (χ4v) is 0.557. The zero-order valence-corrected chi connectivity index (χ0v) is 5.63. The summed E-state index contributed by atoms with van der Waals surface area (Å²) in [5, 5.41) is 0. The maximum atomic E-state index is 7.33. The molecule has 2 nitrogen and oxygen atoms in total. The lowest BCUT2D eigenvalue weighted by Crippen LogP contribution is -1.91. The highest BCUT2D eigenvalue weighted by Crippen LogP contribution is 2.06. The first-order valence-electron chi connectivity index (χ1n) is 3.49. The van der Waals surface area contributed by atoms with E-state index in [1.54, 1.807) is 6.20 Å². The van der Waals surface area contributed by atoms with Crippen LogP contribution in [0.2, 0.25) is 0 Å². The van der Waals surface area contributed by atoms with Gasteiger partial charge in [-0.1, -0.05) is 13.8 Å². The Morgan fingerprint density at radius 2 is 2.33 bits per heavy atom. The minimum absolute atomic E-state index is 0.289. The third-order valence-corrected chi connectivity index (χ3v) is 1.08. The molecule has 1 aromatic heterocycles. The molecule has 0 bridgehead atoms. The van der Waals surface area contributed by atoms with Crippen LogP contribution in [0.3, 0.4) is 0 Å². The van der Waals surface area contributed by atoms with Crippen molar-refractivity contribution in [1.29, 1.82) is 0 Å². The molecule has 0 saturated heterocycles. The molecular weight excluding hydrogens is 112 g/mol. The fraction of sp³-hybridized carbons (Fsp3) is 0.429. The quantitative estimate of drug-likeness (QED) is 0.566. The Balaban J connectivity index is 3.03. The molecule has 0 aliphatic rings. The molecule has 1 rings (SSSR count). The smallest absolute Gasteiger partial charge is 0.0860 e. The SMILES string of the molecule is [2H]c1nccnc1C(C)C. The van der Waals surface area contributed by atoms with E-state index in [0.717, 1.165) is 5.69 Å². The van der Waals surface area contributed by atoms with Crippen molar-refractivity contribution in [2.75, 3.05) is 0 Å². The summed E-state index contributed by atoms with van der Waals surface area (Å²) in [5.74, 6) is 0.293. The summed E-state index contributed by atoms with van der Waals surface area (Å²) >= 11 is 0. The Morgan fingerprint density at radius 3 is 2.78 bits per heavy atom. The third kappa shape index (κ3) is 1.49. The highest BCUT2D eigenvalue weighted by atomic mass is 14.8. The standard InChI is InChI=1S/C7H10N2/c1-6(2)7-5-8-3-4-9-7/h3-6H,1-2H3/i5D. The van der Waals surface area contributed by atoms with E-state index in [2.05, 4.69) is 9.97 Å². The van der Waals surface area contributed by atoms with Crippen molar-refractivity contribution in [3.8, 4) is 0 Å². The van der Waals surface area contributed by atoms with Crippen LogP contribution in [0.15, 0.2) is 18.6 Å². The highest BCUT2D eigenvalue weighted by Gasteiger charge is 1.96. The van der Waals surface area contributed by atoms with Gasteiger partial charge in [-0.3, -0.25) is 9.97 Å². The molecule has 0 aliphatic heterocycles. The molecule has 1 aromatic rings. The number of rotatable bonds is 1. The molecule has 2 heteroatoms. The number of nitrogens with zero attached hydrogens (tertiary/aromatic N) is 2. The van der Waals surface area contributed by atoms with E-state index in [1.807, 2.05) is 13.8 Å². The summed E-state index contributed by atoms with van der Waals surface area (Å²) in [6.07, 6.45) is 3.44. The first-order chi connectivity index (χ1) is 4.72. The van der Waals surface area contributed by atoms with E-state index in [1.165, 1.54) is 6.20 Å². The van der Waals surface area contributed by atoms with Crippen molar-refractivity contribution in [3.63, 3.8) is 0 Å². The normalized spacial score (nSPS) is 11.7. The molecule has 0 radical (unpaired) electrons. The van der Waals surface area contributed by atoms with Crippen molar-refractivity contribution in [2.45, 2.75) is 19.8 Å². The molecule has 0 atom stereocenters. The average Bonchev–Trinajstić information content (AvgIpc) is 1.88. The zero-order chi connectivity index (χ0) is 7.56. The van der Waals surface area contributed by atoms with Gasteiger partial charge in [-0.15, -0.1) is 0 Å². The first-order valence-corrected chi connectivity index (χ1v) is 2.99. The lowest BCUT2D eigenvalue weighted by atomic mass is 10.1. The van der Waals surface area contributed by atoms with Crippen molar-refractivity contribution < 1.29 is 1.37 Å². The summed E-state index contributed by atoms with van der Waals surface area (Å²) in [4.78, 5) is 7.83. The molecule has 9 heavy (non-hydrogen) atoms. The minimum atomic E-state index is 0.289. The van der Waals surface area contributed by atoms with Crippen LogP contribution >= 0.6 is 0 Å². The molecule has 0 aliphatic carbocycles. The molecule has 48 valence electrons. The van der Waals surface area contributed by atoms with Gasteiger partial charge in [0.1, 0.15) is 0 Å². The van der Waals surface area contributed by atoms with Crippen LogP contribution in [0.5, 0.6) is 0 Å². The van der Waals surface area contributed by atoms with Gasteiger partial charge < -0.3 is 0 Å². The molecule has 0 fully saturated rings. The number of hydrogen-bond donors (Lipinski definition) is 0. The van der Waals surface area contributed by atoms with Crippen LogP contribution in [0, 0.1) is 0 Å². The summed E-state index contributed by atoms with van der Waals surface area (Å²) < 4.78 is 7.33. The maximum absolute atomic E-state index is 7.33. The van der Waals surface area contributed by atoms with Gasteiger partial charge in [0.25, 0.3) is 0 Å². The average molecular weight is 123 g/mol. The predicted octanol–water partition coefficient (Wildman–Crippen LogP) is 1.60. The summed E-state index contributed by atoms with van der Waals surface area (Å²) in [7, 11) is 0. The molecule has 0 saturated carbocycles. The fourth-order valence-electron chi connectivity index (χ4n) is 0.557. The predicted molar refractivity (Wildman–Crippen MR) is 36.1 cm³/mol. The van der Waals surface area contributed by atoms with Gasteiger partial charge in [0.15, 0.2) is 0 Å². The van der Waals surface area contributed by atoms with Crippen molar-refractivity contribution in [1.82, 2.24) is 9.97 Å². The summed E-state index contributed by atoms with van der Waals surface area (Å²) in [5.41, 5.74) is 0.766. The van der Waals surface area contributed by atoms with Crippen LogP contribution in [-0.2, 0) is 0 Å². The lowest BCUT2D eigenvalue weighted by Gasteiger charge is -1.99. The molecule has 0 unspecified atom stereocenters. The summed E-state index contributed by atoms with van der Waals surface area (Å²) in [6.45, 7) is 4.00. The largest absolute Gasteiger partial charge is 0.261 e. The van der Waals surface area contributed by atoms with E-state index < -0.39 is 0 Å². The van der Waals surface area contributed by atoms with Gasteiger partial charge in [0.05, 0.1) is 7.06 Å². The minimum Gasteiger partial charge on any atom is -0.261 e. The van der Waals surface area contributed by atoms with E-state index >= 15 is 0 Å². The maximum Gasteiger partial charge on any atom is 0.0860 e. The van der Waals surface area contributed by atoms with Gasteiger partial charge in [-0.2, -0.15) is 0 Å². The highest BCUT2D eigenvalue weighted by molar-refractivity contribution is 4.99. The molecule has 0 aromatic carbocycles. The molecule has 0 N–H and O–H groups in total.